The van der Waals surface area contributed by atoms with Crippen LogP contribution in [0.1, 0.15) is 6.92 Å². The van der Waals surface area contributed by atoms with Gasteiger partial charge in [0.05, 0.1) is 12.7 Å². The van der Waals surface area contributed by atoms with Crippen LogP contribution in [-0.4, -0.2) is 58.1 Å². The lowest BCUT2D eigenvalue weighted by atomic mass is 10.1. The number of hydrogen-bond donors (Lipinski definition) is 4. The molecule has 0 aromatic heterocycles. The van der Waals surface area contributed by atoms with Gasteiger partial charge in [0, 0.05) is 11.5 Å². The van der Waals surface area contributed by atoms with Gasteiger partial charge in [-0.05, 0) is 14.0 Å². The molecule has 0 rings (SSSR count). The number of nitrogens with one attached hydrogen (secondary N) is 1. The molecule has 0 aliphatic rings. The summed E-state index contributed by atoms with van der Waals surface area (Å²) in [6.07, 6.45) is -0.782. The summed E-state index contributed by atoms with van der Waals surface area (Å²) >= 11 is 1.29. The lowest BCUT2D eigenvalue weighted by Gasteiger charge is -2.23. The third-order valence-electron chi connectivity index (χ3n) is 1.94. The Hall–Kier alpha value is -0.300. The molecule has 4 N–H and O–H groups in total. The zero-order valence-corrected chi connectivity index (χ0v) is 9.17. The van der Waals surface area contributed by atoms with Gasteiger partial charge in [0.1, 0.15) is 5.54 Å². The molecule has 5 nitrogen and oxygen atoms in total. The van der Waals surface area contributed by atoms with E-state index in [0.717, 1.165) is 0 Å². The standard InChI is InChI=1S/C8H17NO4S/c1-8(9-2,7(12)13)5-14-4-6(11)3-10/h6,9-11H,3-5H2,1-2H3,(H,12,13). The van der Waals surface area contributed by atoms with Crippen molar-refractivity contribution in [3.8, 4) is 0 Å². The fourth-order valence-corrected chi connectivity index (χ4v) is 1.86. The number of rotatable bonds is 7. The van der Waals surface area contributed by atoms with Gasteiger partial charge in [-0.3, -0.25) is 4.79 Å². The fraction of sp³-hybridized carbons (Fsp3) is 0.875. The predicted molar refractivity (Wildman–Crippen MR) is 55.5 cm³/mol. The van der Waals surface area contributed by atoms with E-state index in [9.17, 15) is 4.79 Å². The van der Waals surface area contributed by atoms with Crippen LogP contribution in [0.3, 0.4) is 0 Å². The lowest BCUT2D eigenvalue weighted by molar-refractivity contribution is -0.142. The van der Waals surface area contributed by atoms with Crippen molar-refractivity contribution in [1.29, 1.82) is 0 Å². The van der Waals surface area contributed by atoms with Crippen LogP contribution in [0.15, 0.2) is 0 Å². The number of carboxylic acid groups (broad SMARTS) is 1. The molecule has 0 aliphatic carbocycles. The number of likely N-dealkylation sites (N-methyl/N-ethyl adjacent to an activating group) is 1. The maximum absolute atomic E-state index is 10.8. The van der Waals surface area contributed by atoms with Crippen LogP contribution in [0.5, 0.6) is 0 Å². The van der Waals surface area contributed by atoms with Gasteiger partial charge in [-0.2, -0.15) is 11.8 Å². The van der Waals surface area contributed by atoms with E-state index in [4.69, 9.17) is 15.3 Å². The van der Waals surface area contributed by atoms with E-state index >= 15 is 0 Å². The minimum absolute atomic E-state index is 0.295. The van der Waals surface area contributed by atoms with E-state index in [2.05, 4.69) is 5.32 Å². The highest BCUT2D eigenvalue weighted by atomic mass is 32.2. The van der Waals surface area contributed by atoms with Crippen molar-refractivity contribution in [1.82, 2.24) is 5.32 Å². The summed E-state index contributed by atoms with van der Waals surface area (Å²) in [7, 11) is 1.58. The summed E-state index contributed by atoms with van der Waals surface area (Å²) in [6, 6.07) is 0. The third kappa shape index (κ3) is 4.28. The molecule has 0 spiro atoms. The lowest BCUT2D eigenvalue weighted by Crippen LogP contribution is -2.50. The second-order valence-electron chi connectivity index (χ2n) is 3.24. The molecule has 0 heterocycles. The molecular weight excluding hydrogens is 206 g/mol. The molecular formula is C8H17NO4S. The van der Waals surface area contributed by atoms with E-state index in [1.165, 1.54) is 11.8 Å². The predicted octanol–water partition coefficient (Wildman–Crippen LogP) is -0.864. The zero-order valence-electron chi connectivity index (χ0n) is 8.36. The van der Waals surface area contributed by atoms with Gasteiger partial charge in [0.2, 0.25) is 0 Å². The van der Waals surface area contributed by atoms with Crippen LogP contribution in [0.4, 0.5) is 0 Å². The van der Waals surface area contributed by atoms with E-state index in [0.29, 0.717) is 11.5 Å². The molecule has 0 saturated carbocycles. The molecule has 0 amide bonds. The fourth-order valence-electron chi connectivity index (χ4n) is 0.693. The molecule has 0 saturated heterocycles. The molecule has 6 heteroatoms. The Balaban J connectivity index is 3.90. The topological polar surface area (TPSA) is 89.8 Å². The normalized spacial score (nSPS) is 17.4. The molecule has 84 valence electrons. The van der Waals surface area contributed by atoms with Crippen molar-refractivity contribution < 1.29 is 20.1 Å². The monoisotopic (exact) mass is 223 g/mol. The molecule has 2 atom stereocenters. The maximum atomic E-state index is 10.8. The van der Waals surface area contributed by atoms with Crippen molar-refractivity contribution >= 4 is 17.7 Å². The van der Waals surface area contributed by atoms with Crippen LogP contribution in [0, 0.1) is 0 Å². The first-order valence-electron chi connectivity index (χ1n) is 4.25. The van der Waals surface area contributed by atoms with Crippen molar-refractivity contribution in [3.63, 3.8) is 0 Å². The van der Waals surface area contributed by atoms with Gasteiger partial charge in [-0.15, -0.1) is 0 Å². The number of aliphatic hydroxyl groups is 2. The average molecular weight is 223 g/mol. The van der Waals surface area contributed by atoms with Gasteiger partial charge >= 0.3 is 5.97 Å². The summed E-state index contributed by atoms with van der Waals surface area (Å²) < 4.78 is 0. The molecule has 0 bridgehead atoms. The first-order valence-corrected chi connectivity index (χ1v) is 5.40. The minimum atomic E-state index is -0.986. The van der Waals surface area contributed by atoms with Crippen molar-refractivity contribution in [2.75, 3.05) is 25.2 Å². The Labute approximate surface area is 87.5 Å². The summed E-state index contributed by atoms with van der Waals surface area (Å²) in [6.45, 7) is 1.28. The quantitative estimate of drug-likeness (QED) is 0.449. The highest BCUT2D eigenvalue weighted by Gasteiger charge is 2.30. The summed E-state index contributed by atoms with van der Waals surface area (Å²) in [5, 5.41) is 29.1. The van der Waals surface area contributed by atoms with Gasteiger partial charge < -0.3 is 20.6 Å². The van der Waals surface area contributed by atoms with E-state index in [1.807, 2.05) is 0 Å². The van der Waals surface area contributed by atoms with Crippen LogP contribution in [-0.2, 0) is 4.79 Å². The molecule has 0 aromatic carbocycles. The van der Waals surface area contributed by atoms with Crippen molar-refractivity contribution in [3.05, 3.63) is 0 Å². The third-order valence-corrected chi connectivity index (χ3v) is 3.34. The van der Waals surface area contributed by atoms with E-state index < -0.39 is 17.6 Å². The number of thioether (sulfide) groups is 1. The summed E-state index contributed by atoms with van der Waals surface area (Å²) in [5.41, 5.74) is -0.986. The zero-order chi connectivity index (χ0) is 11.2. The first kappa shape index (κ1) is 13.7. The number of aliphatic carboxylic acids is 1. The van der Waals surface area contributed by atoms with Crippen LogP contribution >= 0.6 is 11.8 Å². The van der Waals surface area contributed by atoms with Gasteiger partial charge in [0.25, 0.3) is 0 Å². The second-order valence-corrected chi connectivity index (χ2v) is 4.27. The van der Waals surface area contributed by atoms with Gasteiger partial charge in [-0.1, -0.05) is 0 Å². The molecule has 0 fully saturated rings. The summed E-state index contributed by atoms with van der Waals surface area (Å²) in [4.78, 5) is 10.8. The number of carbonyl (C=O) groups is 1. The molecule has 0 aromatic rings. The Morgan fingerprint density at radius 2 is 2.21 bits per heavy atom. The van der Waals surface area contributed by atoms with Crippen LogP contribution in [0.25, 0.3) is 0 Å². The number of carboxylic acids is 1. The van der Waals surface area contributed by atoms with Crippen LogP contribution < -0.4 is 5.32 Å². The van der Waals surface area contributed by atoms with Crippen LogP contribution in [0.2, 0.25) is 0 Å². The molecule has 2 unspecified atom stereocenters. The molecule has 0 radical (unpaired) electrons. The highest BCUT2D eigenvalue weighted by molar-refractivity contribution is 7.99. The molecule has 14 heavy (non-hydrogen) atoms. The average Bonchev–Trinajstić information content (AvgIpc) is 2.16. The Bertz CT molecular complexity index is 190. The van der Waals surface area contributed by atoms with E-state index in [-0.39, 0.29) is 6.61 Å². The van der Waals surface area contributed by atoms with Gasteiger partial charge in [-0.25, -0.2) is 0 Å². The summed E-state index contributed by atoms with van der Waals surface area (Å²) in [5.74, 6) is -0.247. The highest BCUT2D eigenvalue weighted by Crippen LogP contribution is 2.14. The minimum Gasteiger partial charge on any atom is -0.480 e. The van der Waals surface area contributed by atoms with Crippen molar-refractivity contribution in [2.24, 2.45) is 0 Å². The number of hydrogen-bond acceptors (Lipinski definition) is 5. The van der Waals surface area contributed by atoms with Gasteiger partial charge in [0.15, 0.2) is 0 Å². The smallest absolute Gasteiger partial charge is 0.324 e. The Morgan fingerprint density at radius 1 is 1.64 bits per heavy atom. The SMILES string of the molecule is CNC(C)(CSCC(O)CO)C(=O)O. The molecule has 0 aliphatic heterocycles. The van der Waals surface area contributed by atoms with Crippen molar-refractivity contribution in [2.45, 2.75) is 18.6 Å². The Kier molecular flexibility index (Phi) is 6.10. The first-order chi connectivity index (χ1) is 6.46. The second kappa shape index (κ2) is 6.23. The van der Waals surface area contributed by atoms with E-state index in [1.54, 1.807) is 14.0 Å². The Morgan fingerprint density at radius 3 is 2.57 bits per heavy atom. The number of aliphatic hydroxyl groups excluding tert-OH is 2. The maximum Gasteiger partial charge on any atom is 0.324 e. The largest absolute Gasteiger partial charge is 0.480 e.